The van der Waals surface area contributed by atoms with Crippen molar-refractivity contribution < 1.29 is 0 Å². The maximum Gasteiger partial charge on any atom is 0.262 e. The molecule has 2 aromatic carbocycles. The number of halogens is 2. The third-order valence-corrected chi connectivity index (χ3v) is 5.84. The minimum atomic E-state index is -0.234. The van der Waals surface area contributed by atoms with Gasteiger partial charge in [0.1, 0.15) is 5.82 Å². The van der Waals surface area contributed by atoms with Crippen LogP contribution in [0.4, 0.5) is 0 Å². The molecule has 2 heterocycles. The lowest BCUT2D eigenvalue weighted by Gasteiger charge is -2.16. The topological polar surface area (TPSA) is 80.6 Å². The predicted molar refractivity (Wildman–Crippen MR) is 118 cm³/mol. The van der Waals surface area contributed by atoms with E-state index in [4.69, 9.17) is 23.2 Å². The molecule has 0 aliphatic carbocycles. The van der Waals surface area contributed by atoms with Crippen LogP contribution in [0.15, 0.2) is 51.1 Å². The fraction of sp³-hybridized carbons (Fsp3) is 0.200. The normalized spacial score (nSPS) is 11.6. The van der Waals surface area contributed by atoms with E-state index in [1.807, 2.05) is 13.8 Å². The van der Waals surface area contributed by atoms with Gasteiger partial charge in [0.15, 0.2) is 5.16 Å². The van der Waals surface area contributed by atoms with E-state index >= 15 is 0 Å². The SMILES string of the molecule is CC(C)n1c(SCc2nc3cc(Cl)ccc3c(=O)[nH]2)nc2cc(Cl)ccc2c1=O. The number of aromatic amines is 1. The molecule has 148 valence electrons. The number of nitrogens with zero attached hydrogens (tertiary/aromatic N) is 3. The zero-order chi connectivity index (χ0) is 20.7. The summed E-state index contributed by atoms with van der Waals surface area (Å²) in [7, 11) is 0. The molecule has 0 atom stereocenters. The van der Waals surface area contributed by atoms with Gasteiger partial charge in [0, 0.05) is 16.1 Å². The number of hydrogen-bond acceptors (Lipinski definition) is 5. The Hall–Kier alpha value is -2.35. The van der Waals surface area contributed by atoms with Crippen LogP contribution < -0.4 is 11.1 Å². The third-order valence-electron chi connectivity index (χ3n) is 4.40. The minimum Gasteiger partial charge on any atom is -0.309 e. The molecule has 0 saturated carbocycles. The number of rotatable bonds is 4. The second-order valence-electron chi connectivity index (χ2n) is 6.79. The van der Waals surface area contributed by atoms with E-state index < -0.39 is 0 Å². The van der Waals surface area contributed by atoms with Gasteiger partial charge < -0.3 is 4.98 Å². The third kappa shape index (κ3) is 3.90. The summed E-state index contributed by atoms with van der Waals surface area (Å²) in [5.74, 6) is 0.814. The molecule has 6 nitrogen and oxygen atoms in total. The number of nitrogens with one attached hydrogen (secondary N) is 1. The van der Waals surface area contributed by atoms with Crippen molar-refractivity contribution in [1.29, 1.82) is 0 Å². The van der Waals surface area contributed by atoms with E-state index in [1.54, 1.807) is 41.0 Å². The van der Waals surface area contributed by atoms with Crippen LogP contribution >= 0.6 is 35.0 Å². The van der Waals surface area contributed by atoms with Crippen molar-refractivity contribution in [3.63, 3.8) is 0 Å². The summed E-state index contributed by atoms with van der Waals surface area (Å²) < 4.78 is 1.64. The molecule has 0 amide bonds. The van der Waals surface area contributed by atoms with Gasteiger partial charge in [-0.25, -0.2) is 9.97 Å². The molecule has 0 aliphatic heterocycles. The highest BCUT2D eigenvalue weighted by atomic mass is 35.5. The molecule has 29 heavy (non-hydrogen) atoms. The van der Waals surface area contributed by atoms with Crippen molar-refractivity contribution in [2.24, 2.45) is 0 Å². The van der Waals surface area contributed by atoms with E-state index in [2.05, 4.69) is 15.0 Å². The fourth-order valence-corrected chi connectivity index (χ4v) is 4.40. The maximum absolute atomic E-state index is 13.0. The van der Waals surface area contributed by atoms with E-state index in [1.165, 1.54) is 11.8 Å². The first-order valence-corrected chi connectivity index (χ1v) is 10.6. The first kappa shape index (κ1) is 19.9. The fourth-order valence-electron chi connectivity index (χ4n) is 3.07. The largest absolute Gasteiger partial charge is 0.309 e. The van der Waals surface area contributed by atoms with E-state index in [0.717, 1.165) is 0 Å². The molecular formula is C20H16Cl2N4O2S. The van der Waals surface area contributed by atoms with Crippen LogP contribution in [0, 0.1) is 0 Å². The standard InChI is InChI=1S/C20H16Cl2N4O2S/c1-10(2)26-19(28)14-6-4-12(22)8-16(14)24-20(26)29-9-17-23-15-7-11(21)3-5-13(15)18(27)25-17/h3-8,10H,9H2,1-2H3,(H,23,25,27). The van der Waals surface area contributed by atoms with Crippen LogP contribution in [-0.2, 0) is 5.75 Å². The Kier molecular flexibility index (Phi) is 5.38. The maximum atomic E-state index is 13.0. The summed E-state index contributed by atoms with van der Waals surface area (Å²) in [6.07, 6.45) is 0. The Bertz CT molecular complexity index is 1360. The number of H-pyrrole nitrogens is 1. The molecular weight excluding hydrogens is 431 g/mol. The second-order valence-corrected chi connectivity index (χ2v) is 8.60. The van der Waals surface area contributed by atoms with Gasteiger partial charge in [0.05, 0.1) is 27.6 Å². The van der Waals surface area contributed by atoms with Crippen LogP contribution in [-0.4, -0.2) is 19.5 Å². The molecule has 4 aromatic rings. The lowest BCUT2D eigenvalue weighted by molar-refractivity contribution is 0.519. The molecule has 1 N–H and O–H groups in total. The van der Waals surface area contributed by atoms with Crippen LogP contribution in [0.25, 0.3) is 21.8 Å². The summed E-state index contributed by atoms with van der Waals surface area (Å²) in [4.78, 5) is 37.2. The summed E-state index contributed by atoms with van der Waals surface area (Å²) >= 11 is 13.4. The Labute approximate surface area is 179 Å². The van der Waals surface area contributed by atoms with Crippen LogP contribution in [0.5, 0.6) is 0 Å². The van der Waals surface area contributed by atoms with Crippen molar-refractivity contribution in [3.8, 4) is 0 Å². The highest BCUT2D eigenvalue weighted by Gasteiger charge is 2.15. The Morgan fingerprint density at radius 3 is 2.28 bits per heavy atom. The summed E-state index contributed by atoms with van der Waals surface area (Å²) in [6, 6.07) is 9.91. The highest BCUT2D eigenvalue weighted by molar-refractivity contribution is 7.98. The van der Waals surface area contributed by atoms with Gasteiger partial charge >= 0.3 is 0 Å². The number of hydrogen-bond donors (Lipinski definition) is 1. The van der Waals surface area contributed by atoms with E-state index in [9.17, 15) is 9.59 Å². The molecule has 0 radical (unpaired) electrons. The van der Waals surface area contributed by atoms with Crippen molar-refractivity contribution in [2.75, 3.05) is 0 Å². The van der Waals surface area contributed by atoms with Gasteiger partial charge in [0.25, 0.3) is 11.1 Å². The van der Waals surface area contributed by atoms with Crippen molar-refractivity contribution >= 4 is 56.8 Å². The van der Waals surface area contributed by atoms with E-state index in [-0.39, 0.29) is 17.2 Å². The van der Waals surface area contributed by atoms with E-state index in [0.29, 0.717) is 48.6 Å². The van der Waals surface area contributed by atoms with Gasteiger partial charge in [-0.15, -0.1) is 0 Å². The molecule has 4 rings (SSSR count). The molecule has 0 aliphatic rings. The van der Waals surface area contributed by atoms with Gasteiger partial charge in [-0.05, 0) is 50.2 Å². The van der Waals surface area contributed by atoms with Crippen LogP contribution in [0.1, 0.15) is 25.7 Å². The first-order valence-electron chi connectivity index (χ1n) is 8.86. The van der Waals surface area contributed by atoms with Gasteiger partial charge in [0.2, 0.25) is 0 Å². The van der Waals surface area contributed by atoms with Crippen molar-refractivity contribution in [1.82, 2.24) is 19.5 Å². The van der Waals surface area contributed by atoms with Gasteiger partial charge in [-0.2, -0.15) is 0 Å². The van der Waals surface area contributed by atoms with Gasteiger partial charge in [-0.3, -0.25) is 14.2 Å². The van der Waals surface area contributed by atoms with Crippen LogP contribution in [0.3, 0.4) is 0 Å². The van der Waals surface area contributed by atoms with Crippen molar-refractivity contribution in [2.45, 2.75) is 30.8 Å². The lowest BCUT2D eigenvalue weighted by Crippen LogP contribution is -2.25. The molecule has 2 aromatic heterocycles. The zero-order valence-electron chi connectivity index (χ0n) is 15.6. The number of aromatic nitrogens is 4. The number of benzene rings is 2. The Morgan fingerprint density at radius 1 is 1.00 bits per heavy atom. The van der Waals surface area contributed by atoms with Gasteiger partial charge in [-0.1, -0.05) is 35.0 Å². The molecule has 0 bridgehead atoms. The van der Waals surface area contributed by atoms with Crippen LogP contribution in [0.2, 0.25) is 10.0 Å². The molecule has 0 spiro atoms. The van der Waals surface area contributed by atoms with Crippen molar-refractivity contribution in [3.05, 3.63) is 73.0 Å². The average molecular weight is 447 g/mol. The average Bonchev–Trinajstić information content (AvgIpc) is 2.65. The minimum absolute atomic E-state index is 0.0833. The molecule has 9 heteroatoms. The second kappa shape index (κ2) is 7.82. The molecule has 0 fully saturated rings. The number of thioether (sulfide) groups is 1. The number of fused-ring (bicyclic) bond motifs is 2. The smallest absolute Gasteiger partial charge is 0.262 e. The Morgan fingerprint density at radius 2 is 1.62 bits per heavy atom. The first-order chi connectivity index (χ1) is 13.8. The summed E-state index contributed by atoms with van der Waals surface area (Å²) in [5, 5.41) is 2.55. The summed E-state index contributed by atoms with van der Waals surface area (Å²) in [5.41, 5.74) is 0.697. The molecule has 0 unspecified atom stereocenters. The molecule has 0 saturated heterocycles. The monoisotopic (exact) mass is 446 g/mol. The zero-order valence-corrected chi connectivity index (χ0v) is 17.9. The highest BCUT2D eigenvalue weighted by Crippen LogP contribution is 2.25. The quantitative estimate of drug-likeness (QED) is 0.359. The lowest BCUT2D eigenvalue weighted by atomic mass is 10.2. The Balaban J connectivity index is 1.76. The summed E-state index contributed by atoms with van der Waals surface area (Å²) in [6.45, 7) is 3.85. The predicted octanol–water partition coefficient (Wildman–Crippen LogP) is 4.81.